The van der Waals surface area contributed by atoms with E-state index in [9.17, 15) is 36.6 Å². The summed E-state index contributed by atoms with van der Waals surface area (Å²) in [6, 6.07) is 12.2. The average Bonchev–Trinajstić information content (AvgIpc) is 2.84. The highest BCUT2D eigenvalue weighted by Gasteiger charge is 2.21. The van der Waals surface area contributed by atoms with Crippen molar-refractivity contribution in [3.05, 3.63) is 82.9 Å². The van der Waals surface area contributed by atoms with Crippen LogP contribution in [0.2, 0.25) is 0 Å². The van der Waals surface area contributed by atoms with Crippen molar-refractivity contribution >= 4 is 32.1 Å². The molecule has 3 aromatic rings. The van der Waals surface area contributed by atoms with E-state index in [2.05, 4.69) is 10.6 Å². The van der Waals surface area contributed by atoms with Crippen LogP contribution in [0.3, 0.4) is 0 Å². The predicted molar refractivity (Wildman–Crippen MR) is 137 cm³/mol. The molecule has 0 saturated carbocycles. The minimum Gasteiger partial charge on any atom is -0.508 e. The van der Waals surface area contributed by atoms with Crippen LogP contribution in [0, 0.1) is 13.8 Å². The van der Waals surface area contributed by atoms with Crippen LogP contribution in [0.15, 0.2) is 70.5 Å². The molecule has 0 unspecified atom stereocenters. The van der Waals surface area contributed by atoms with Crippen molar-refractivity contribution in [3.8, 4) is 11.5 Å². The zero-order chi connectivity index (χ0) is 28.1. The minimum absolute atomic E-state index is 0.0500. The van der Waals surface area contributed by atoms with Gasteiger partial charge in [0.15, 0.2) is 0 Å². The number of hydrogen-bond acceptors (Lipinski definition) is 8. The number of aryl methyl sites for hydroxylation is 2. The Morgan fingerprint density at radius 2 is 1.05 bits per heavy atom. The number of sulfonamides is 2. The summed E-state index contributed by atoms with van der Waals surface area (Å²) >= 11 is 0. The summed E-state index contributed by atoms with van der Waals surface area (Å²) in [6.07, 6.45) is 0. The number of phenols is 2. The van der Waals surface area contributed by atoms with E-state index in [1.54, 1.807) is 24.3 Å². The monoisotopic (exact) mass is 562 g/mol. The fourth-order valence-corrected chi connectivity index (χ4v) is 5.79. The van der Waals surface area contributed by atoms with Crippen molar-refractivity contribution in [2.45, 2.75) is 36.7 Å². The lowest BCUT2D eigenvalue weighted by molar-refractivity contribution is 0.244. The molecule has 0 aliphatic heterocycles. The van der Waals surface area contributed by atoms with Gasteiger partial charge < -0.3 is 20.8 Å². The highest BCUT2D eigenvalue weighted by molar-refractivity contribution is 7.90. The highest BCUT2D eigenvalue weighted by Crippen LogP contribution is 2.21. The van der Waals surface area contributed by atoms with Crippen LogP contribution in [0.1, 0.15) is 22.3 Å². The number of hydrogen-bond donors (Lipinski definition) is 6. The lowest BCUT2D eigenvalue weighted by Crippen LogP contribution is -2.39. The molecule has 0 aliphatic rings. The molecule has 0 fully saturated rings. The summed E-state index contributed by atoms with van der Waals surface area (Å²) in [4.78, 5) is 23.9. The first-order chi connectivity index (χ1) is 17.8. The Kier molecular flexibility index (Phi) is 8.48. The number of amides is 4. The van der Waals surface area contributed by atoms with Crippen molar-refractivity contribution in [3.63, 3.8) is 0 Å². The van der Waals surface area contributed by atoms with Crippen LogP contribution in [-0.2, 0) is 33.1 Å². The molecule has 6 N–H and O–H groups in total. The Hall–Kier alpha value is -4.30. The maximum absolute atomic E-state index is 12.5. The van der Waals surface area contributed by atoms with E-state index in [-0.39, 0.29) is 34.4 Å². The van der Waals surface area contributed by atoms with Crippen molar-refractivity contribution in [1.29, 1.82) is 0 Å². The number of benzene rings is 3. The minimum atomic E-state index is -4.22. The zero-order valence-corrected chi connectivity index (χ0v) is 22.0. The van der Waals surface area contributed by atoms with E-state index >= 15 is 0 Å². The molecule has 0 heterocycles. The second-order valence-electron chi connectivity index (χ2n) is 8.30. The van der Waals surface area contributed by atoms with Gasteiger partial charge >= 0.3 is 12.1 Å². The van der Waals surface area contributed by atoms with Crippen molar-refractivity contribution < 1.29 is 36.6 Å². The van der Waals surface area contributed by atoms with E-state index < -0.39 is 32.1 Å². The summed E-state index contributed by atoms with van der Waals surface area (Å²) < 4.78 is 53.6. The van der Waals surface area contributed by atoms with Gasteiger partial charge in [0.25, 0.3) is 20.0 Å². The maximum atomic E-state index is 12.5. The third kappa shape index (κ3) is 7.36. The van der Waals surface area contributed by atoms with Crippen LogP contribution < -0.4 is 20.1 Å². The van der Waals surface area contributed by atoms with Gasteiger partial charge in [0.1, 0.15) is 11.5 Å². The summed E-state index contributed by atoms with van der Waals surface area (Å²) in [6.45, 7) is 2.94. The molecule has 0 aromatic heterocycles. The maximum Gasteiger partial charge on any atom is 0.328 e. The Morgan fingerprint density at radius 3 is 1.45 bits per heavy atom. The summed E-state index contributed by atoms with van der Waals surface area (Å²) in [5.41, 5.74) is 1.84. The molecule has 0 bridgehead atoms. The predicted octanol–water partition coefficient (Wildman–Crippen LogP) is 2.09. The lowest BCUT2D eigenvalue weighted by atomic mass is 10.1. The van der Waals surface area contributed by atoms with Crippen molar-refractivity contribution in [1.82, 2.24) is 20.1 Å². The Labute approximate surface area is 219 Å². The second-order valence-corrected chi connectivity index (χ2v) is 11.6. The average molecular weight is 563 g/mol. The molecule has 0 radical (unpaired) electrons. The second kappa shape index (κ2) is 11.4. The fraction of sp³-hybridized carbons (Fsp3) is 0.167. The van der Waals surface area contributed by atoms with Gasteiger partial charge in [-0.05, 0) is 48.2 Å². The highest BCUT2D eigenvalue weighted by atomic mass is 32.2. The fourth-order valence-electron chi connectivity index (χ4n) is 3.40. The number of aromatic hydroxyl groups is 2. The van der Waals surface area contributed by atoms with Crippen LogP contribution in [-0.4, -0.2) is 39.1 Å². The first-order valence-electron chi connectivity index (χ1n) is 11.1. The van der Waals surface area contributed by atoms with E-state index in [0.29, 0.717) is 22.3 Å². The van der Waals surface area contributed by atoms with Gasteiger partial charge in [-0.2, -0.15) is 0 Å². The van der Waals surface area contributed by atoms with Crippen molar-refractivity contribution in [2.75, 3.05) is 0 Å². The van der Waals surface area contributed by atoms with Gasteiger partial charge in [-0.25, -0.2) is 35.9 Å². The number of rotatable bonds is 8. The number of carbonyl (C=O) groups excluding carboxylic acids is 2. The van der Waals surface area contributed by atoms with Gasteiger partial charge in [0.05, 0.1) is 9.79 Å². The van der Waals surface area contributed by atoms with Gasteiger partial charge in [0.2, 0.25) is 0 Å². The van der Waals surface area contributed by atoms with Crippen LogP contribution in [0.25, 0.3) is 0 Å². The molecule has 0 saturated heterocycles. The molecule has 3 rings (SSSR count). The smallest absolute Gasteiger partial charge is 0.328 e. The third-order valence-electron chi connectivity index (χ3n) is 5.27. The van der Waals surface area contributed by atoms with Crippen LogP contribution >= 0.6 is 0 Å². The Balaban J connectivity index is 1.55. The SMILES string of the molecule is Cc1ccc(O)cc1S(=O)(=O)NC(=O)NCc1cccc(CNC(=O)NS(=O)(=O)c2cc(O)ccc2C)c1. The van der Waals surface area contributed by atoms with E-state index in [1.165, 1.54) is 38.1 Å². The first-order valence-corrected chi connectivity index (χ1v) is 14.0. The first kappa shape index (κ1) is 28.3. The molecule has 4 amide bonds. The molecule has 202 valence electrons. The van der Waals surface area contributed by atoms with Crippen molar-refractivity contribution in [2.24, 2.45) is 0 Å². The number of carbonyl (C=O) groups is 2. The van der Waals surface area contributed by atoms with Crippen LogP contribution in [0.5, 0.6) is 11.5 Å². The summed E-state index contributed by atoms with van der Waals surface area (Å²) in [7, 11) is -8.45. The molecule has 0 atom stereocenters. The molecule has 12 nitrogen and oxygen atoms in total. The largest absolute Gasteiger partial charge is 0.508 e. The topological polar surface area (TPSA) is 191 Å². The standard InChI is InChI=1S/C24H26N4O8S2/c1-15-6-8-19(29)11-21(15)37(33,34)27-23(31)25-13-17-4-3-5-18(10-17)14-26-24(32)28-38(35,36)22-12-20(30)9-7-16(22)2/h3-12,29-30H,13-14H2,1-2H3,(H2,25,27,31)(H2,26,28,32). The molecule has 3 aromatic carbocycles. The number of nitrogens with one attached hydrogen (secondary N) is 4. The molecule has 38 heavy (non-hydrogen) atoms. The normalized spacial score (nSPS) is 11.4. The van der Waals surface area contributed by atoms with Crippen LogP contribution in [0.4, 0.5) is 9.59 Å². The zero-order valence-electron chi connectivity index (χ0n) is 20.3. The molecule has 0 spiro atoms. The number of urea groups is 2. The van der Waals surface area contributed by atoms with Gasteiger partial charge in [0, 0.05) is 25.2 Å². The summed E-state index contributed by atoms with van der Waals surface area (Å²) in [5, 5.41) is 24.0. The molecular formula is C24H26N4O8S2. The summed E-state index contributed by atoms with van der Waals surface area (Å²) in [5.74, 6) is -0.523. The van der Waals surface area contributed by atoms with Gasteiger partial charge in [-0.1, -0.05) is 36.4 Å². The third-order valence-corrected chi connectivity index (χ3v) is 8.22. The molecule has 14 heteroatoms. The van der Waals surface area contributed by atoms with Gasteiger partial charge in [-0.3, -0.25) is 0 Å². The van der Waals surface area contributed by atoms with Gasteiger partial charge in [-0.15, -0.1) is 0 Å². The van der Waals surface area contributed by atoms with E-state index in [0.717, 1.165) is 12.1 Å². The lowest BCUT2D eigenvalue weighted by Gasteiger charge is -2.12. The van der Waals surface area contributed by atoms with E-state index in [1.807, 2.05) is 9.44 Å². The van der Waals surface area contributed by atoms with E-state index in [4.69, 9.17) is 0 Å². The number of phenolic OH excluding ortho intramolecular Hbond substituents is 2. The molecule has 0 aliphatic carbocycles. The Morgan fingerprint density at radius 1 is 0.658 bits per heavy atom. The Bertz CT molecular complexity index is 1470. The molecular weight excluding hydrogens is 536 g/mol. The quantitative estimate of drug-likeness (QED) is 0.240.